The van der Waals surface area contributed by atoms with E-state index < -0.39 is 0 Å². The molecule has 4 nitrogen and oxygen atoms in total. The number of halogens is 1. The largest absolute Gasteiger partial charge is 0.488 e. The number of hydrogen-bond acceptors (Lipinski definition) is 3. The maximum atomic E-state index is 13.0. The molecule has 132 valence electrons. The number of carbonyl (C=O) groups excluding carboxylic acids is 1. The van der Waals surface area contributed by atoms with Gasteiger partial charge in [0.15, 0.2) is 0 Å². The van der Waals surface area contributed by atoms with Crippen molar-refractivity contribution < 1.29 is 13.9 Å². The first kappa shape index (κ1) is 17.4. The van der Waals surface area contributed by atoms with Crippen LogP contribution in [0.1, 0.15) is 41.6 Å². The molecule has 0 aromatic heterocycles. The van der Waals surface area contributed by atoms with Crippen molar-refractivity contribution in [1.82, 2.24) is 5.32 Å². The van der Waals surface area contributed by atoms with Crippen molar-refractivity contribution in [1.29, 1.82) is 0 Å². The van der Waals surface area contributed by atoms with Crippen molar-refractivity contribution in [3.63, 3.8) is 0 Å². The number of benzene rings is 2. The van der Waals surface area contributed by atoms with Crippen LogP contribution in [-0.4, -0.2) is 18.0 Å². The van der Waals surface area contributed by atoms with Crippen LogP contribution < -0.4 is 15.8 Å². The van der Waals surface area contributed by atoms with E-state index in [1.807, 2.05) is 12.1 Å². The lowest BCUT2D eigenvalue weighted by molar-refractivity contribution is 0.0921. The standard InChI is InChI=1S/C20H23FN2O2/c21-15-7-5-14(6-8-15)13-25-19-4-2-1-3-18(19)20(24)23-17-11-9-16(22)10-12-17/h1-8,16-17H,9-13,22H2,(H,23,24). The summed E-state index contributed by atoms with van der Waals surface area (Å²) in [7, 11) is 0. The van der Waals surface area contributed by atoms with Gasteiger partial charge in [-0.1, -0.05) is 24.3 Å². The zero-order valence-electron chi connectivity index (χ0n) is 14.1. The molecule has 1 aliphatic rings. The van der Waals surface area contributed by atoms with Gasteiger partial charge in [0, 0.05) is 12.1 Å². The Balaban J connectivity index is 1.63. The molecule has 0 atom stereocenters. The van der Waals surface area contributed by atoms with Crippen LogP contribution in [0.2, 0.25) is 0 Å². The number of hydrogen-bond donors (Lipinski definition) is 2. The highest BCUT2D eigenvalue weighted by Crippen LogP contribution is 2.22. The van der Waals surface area contributed by atoms with Gasteiger partial charge in [-0.05, 0) is 55.5 Å². The zero-order chi connectivity index (χ0) is 17.6. The molecule has 2 aromatic rings. The summed E-state index contributed by atoms with van der Waals surface area (Å²) in [5, 5.41) is 3.08. The smallest absolute Gasteiger partial charge is 0.255 e. The maximum absolute atomic E-state index is 13.0. The molecule has 2 aromatic carbocycles. The maximum Gasteiger partial charge on any atom is 0.255 e. The zero-order valence-corrected chi connectivity index (χ0v) is 14.1. The van der Waals surface area contributed by atoms with E-state index in [4.69, 9.17) is 10.5 Å². The highest BCUT2D eigenvalue weighted by molar-refractivity contribution is 5.97. The van der Waals surface area contributed by atoms with Crippen molar-refractivity contribution in [3.05, 3.63) is 65.5 Å². The molecule has 0 unspecified atom stereocenters. The van der Waals surface area contributed by atoms with E-state index in [1.165, 1.54) is 12.1 Å². The van der Waals surface area contributed by atoms with E-state index >= 15 is 0 Å². The second kappa shape index (κ2) is 8.12. The Labute approximate surface area is 147 Å². The molecule has 3 rings (SSSR count). The van der Waals surface area contributed by atoms with E-state index in [0.717, 1.165) is 31.2 Å². The first-order valence-electron chi connectivity index (χ1n) is 8.64. The average Bonchev–Trinajstić information content (AvgIpc) is 2.63. The predicted octanol–water partition coefficient (Wildman–Crippen LogP) is 3.40. The molecular weight excluding hydrogens is 319 g/mol. The third-order valence-corrected chi connectivity index (χ3v) is 4.55. The van der Waals surface area contributed by atoms with Crippen LogP contribution in [-0.2, 0) is 6.61 Å². The SMILES string of the molecule is NC1CCC(NC(=O)c2ccccc2OCc2ccc(F)cc2)CC1. The molecule has 0 bridgehead atoms. The Morgan fingerprint density at radius 1 is 1.08 bits per heavy atom. The third-order valence-electron chi connectivity index (χ3n) is 4.55. The summed E-state index contributed by atoms with van der Waals surface area (Å²) in [4.78, 5) is 12.6. The Hall–Kier alpha value is -2.40. The predicted molar refractivity (Wildman–Crippen MR) is 94.9 cm³/mol. The van der Waals surface area contributed by atoms with E-state index in [0.29, 0.717) is 11.3 Å². The minimum Gasteiger partial charge on any atom is -0.488 e. The monoisotopic (exact) mass is 342 g/mol. The Morgan fingerprint density at radius 2 is 1.76 bits per heavy atom. The fourth-order valence-corrected chi connectivity index (χ4v) is 3.05. The highest BCUT2D eigenvalue weighted by atomic mass is 19.1. The molecule has 3 N–H and O–H groups in total. The molecule has 1 amide bonds. The second-order valence-electron chi connectivity index (χ2n) is 6.50. The normalized spacial score (nSPS) is 20.1. The van der Waals surface area contributed by atoms with Gasteiger partial charge in [-0.15, -0.1) is 0 Å². The van der Waals surface area contributed by atoms with Gasteiger partial charge in [0.05, 0.1) is 5.56 Å². The quantitative estimate of drug-likeness (QED) is 0.875. The minimum absolute atomic E-state index is 0.129. The third kappa shape index (κ3) is 4.79. The first-order valence-corrected chi connectivity index (χ1v) is 8.64. The van der Waals surface area contributed by atoms with Crippen LogP contribution >= 0.6 is 0 Å². The van der Waals surface area contributed by atoms with Crippen LogP contribution in [0.5, 0.6) is 5.75 Å². The number of amides is 1. The molecule has 1 fully saturated rings. The van der Waals surface area contributed by atoms with Gasteiger partial charge >= 0.3 is 0 Å². The summed E-state index contributed by atoms with van der Waals surface area (Å²) in [6.07, 6.45) is 3.69. The van der Waals surface area contributed by atoms with Gasteiger partial charge in [-0.3, -0.25) is 4.79 Å². The van der Waals surface area contributed by atoms with E-state index in [9.17, 15) is 9.18 Å². The molecular formula is C20H23FN2O2. The molecule has 5 heteroatoms. The summed E-state index contributed by atoms with van der Waals surface area (Å²) in [6.45, 7) is 0.281. The van der Waals surface area contributed by atoms with Gasteiger partial charge in [-0.2, -0.15) is 0 Å². The topological polar surface area (TPSA) is 64.3 Å². The summed E-state index contributed by atoms with van der Waals surface area (Å²) >= 11 is 0. The number of ether oxygens (including phenoxy) is 1. The van der Waals surface area contributed by atoms with Gasteiger partial charge in [0.1, 0.15) is 18.2 Å². The number of nitrogens with two attached hydrogens (primary N) is 1. The van der Waals surface area contributed by atoms with Crippen molar-refractivity contribution in [2.24, 2.45) is 5.73 Å². The van der Waals surface area contributed by atoms with Crippen LogP contribution in [0.25, 0.3) is 0 Å². The molecule has 25 heavy (non-hydrogen) atoms. The second-order valence-corrected chi connectivity index (χ2v) is 6.50. The lowest BCUT2D eigenvalue weighted by Crippen LogP contribution is -2.40. The van der Waals surface area contributed by atoms with Crippen LogP contribution in [0.4, 0.5) is 4.39 Å². The number of carbonyl (C=O) groups is 1. The lowest BCUT2D eigenvalue weighted by Gasteiger charge is -2.27. The molecule has 0 radical (unpaired) electrons. The van der Waals surface area contributed by atoms with Gasteiger partial charge in [-0.25, -0.2) is 4.39 Å². The van der Waals surface area contributed by atoms with Gasteiger partial charge in [0.2, 0.25) is 0 Å². The molecule has 1 saturated carbocycles. The van der Waals surface area contributed by atoms with E-state index in [1.54, 1.807) is 24.3 Å². The number of rotatable bonds is 5. The average molecular weight is 342 g/mol. The van der Waals surface area contributed by atoms with Crippen molar-refractivity contribution in [2.75, 3.05) is 0 Å². The molecule has 0 aliphatic heterocycles. The number of nitrogens with one attached hydrogen (secondary N) is 1. The van der Waals surface area contributed by atoms with Crippen molar-refractivity contribution in [3.8, 4) is 5.75 Å². The Morgan fingerprint density at radius 3 is 2.48 bits per heavy atom. The van der Waals surface area contributed by atoms with E-state index in [-0.39, 0.29) is 30.4 Å². The highest BCUT2D eigenvalue weighted by Gasteiger charge is 2.21. The minimum atomic E-state index is -0.282. The Bertz CT molecular complexity index is 710. The summed E-state index contributed by atoms with van der Waals surface area (Å²) in [6, 6.07) is 13.7. The number of para-hydroxylation sites is 1. The summed E-state index contributed by atoms with van der Waals surface area (Å²) < 4.78 is 18.8. The van der Waals surface area contributed by atoms with Crippen LogP contribution in [0.3, 0.4) is 0 Å². The van der Waals surface area contributed by atoms with Gasteiger partial charge in [0.25, 0.3) is 5.91 Å². The Kier molecular flexibility index (Phi) is 5.66. The van der Waals surface area contributed by atoms with Gasteiger partial charge < -0.3 is 15.8 Å². The van der Waals surface area contributed by atoms with Crippen LogP contribution in [0.15, 0.2) is 48.5 Å². The van der Waals surface area contributed by atoms with Crippen molar-refractivity contribution >= 4 is 5.91 Å². The fraction of sp³-hybridized carbons (Fsp3) is 0.350. The van der Waals surface area contributed by atoms with E-state index in [2.05, 4.69) is 5.32 Å². The summed E-state index contributed by atoms with van der Waals surface area (Å²) in [5.74, 6) is 0.114. The molecule has 0 heterocycles. The molecule has 0 spiro atoms. The van der Waals surface area contributed by atoms with Crippen LogP contribution in [0, 0.1) is 5.82 Å². The lowest BCUT2D eigenvalue weighted by atomic mass is 9.91. The summed E-state index contributed by atoms with van der Waals surface area (Å²) in [5.41, 5.74) is 7.27. The first-order chi connectivity index (χ1) is 12.1. The molecule has 0 saturated heterocycles. The molecule has 1 aliphatic carbocycles. The fourth-order valence-electron chi connectivity index (χ4n) is 3.05. The van der Waals surface area contributed by atoms with Crippen molar-refractivity contribution in [2.45, 2.75) is 44.4 Å².